The molecule has 1 aromatic heterocycles. The van der Waals surface area contributed by atoms with Gasteiger partial charge < -0.3 is 14.8 Å². The lowest BCUT2D eigenvalue weighted by Gasteiger charge is -2.10. The number of nitrogens with zero attached hydrogens (tertiary/aromatic N) is 2. The maximum atomic E-state index is 5.41. The Morgan fingerprint density at radius 1 is 1.04 bits per heavy atom. The van der Waals surface area contributed by atoms with Gasteiger partial charge in [0.15, 0.2) is 0 Å². The van der Waals surface area contributed by atoms with E-state index in [9.17, 15) is 0 Å². The van der Waals surface area contributed by atoms with Crippen molar-refractivity contribution in [3.8, 4) is 11.5 Å². The van der Waals surface area contributed by atoms with Crippen LogP contribution >= 0.6 is 11.5 Å². The van der Waals surface area contributed by atoms with Crippen molar-refractivity contribution in [1.82, 2.24) is 9.36 Å². The molecule has 0 spiro atoms. The summed E-state index contributed by atoms with van der Waals surface area (Å²) >= 11 is 1.37. The number of rotatable bonds is 7. The van der Waals surface area contributed by atoms with E-state index in [0.29, 0.717) is 6.54 Å². The maximum absolute atomic E-state index is 5.41. The summed E-state index contributed by atoms with van der Waals surface area (Å²) in [5.41, 5.74) is 2.25. The van der Waals surface area contributed by atoms with Gasteiger partial charge in [0.2, 0.25) is 5.13 Å². The summed E-state index contributed by atoms with van der Waals surface area (Å²) in [6, 6.07) is 16.0. The standard InChI is InChI=1S/C18H19N3O2S/c1-22-15-9-8-14(16(11-15)23-2)12-19-18-20-17(21-24-18)10-13-6-4-3-5-7-13/h3-9,11H,10,12H2,1-2H3,(H,19,20,21). The maximum Gasteiger partial charge on any atom is 0.202 e. The third-order valence-corrected chi connectivity index (χ3v) is 4.31. The van der Waals surface area contributed by atoms with E-state index in [1.165, 1.54) is 17.1 Å². The molecule has 0 aliphatic carbocycles. The highest BCUT2D eigenvalue weighted by molar-refractivity contribution is 7.09. The van der Waals surface area contributed by atoms with Crippen LogP contribution in [0.2, 0.25) is 0 Å². The number of ether oxygens (including phenoxy) is 2. The number of aromatic nitrogens is 2. The van der Waals surface area contributed by atoms with E-state index in [-0.39, 0.29) is 0 Å². The first-order valence-electron chi connectivity index (χ1n) is 7.60. The van der Waals surface area contributed by atoms with Crippen LogP contribution in [-0.4, -0.2) is 23.6 Å². The number of benzene rings is 2. The van der Waals surface area contributed by atoms with Crippen LogP contribution in [0.25, 0.3) is 0 Å². The van der Waals surface area contributed by atoms with Crippen LogP contribution in [0.15, 0.2) is 48.5 Å². The Bertz CT molecular complexity index is 790. The van der Waals surface area contributed by atoms with E-state index in [0.717, 1.165) is 34.4 Å². The second-order valence-corrected chi connectivity index (χ2v) is 5.96. The van der Waals surface area contributed by atoms with E-state index in [1.807, 2.05) is 36.4 Å². The lowest BCUT2D eigenvalue weighted by molar-refractivity contribution is 0.391. The third kappa shape index (κ3) is 4.02. The Labute approximate surface area is 145 Å². The lowest BCUT2D eigenvalue weighted by Crippen LogP contribution is -2.02. The van der Waals surface area contributed by atoms with Gasteiger partial charge in [0.25, 0.3) is 0 Å². The molecule has 0 radical (unpaired) electrons. The quantitative estimate of drug-likeness (QED) is 0.709. The van der Waals surface area contributed by atoms with Crippen molar-refractivity contribution in [1.29, 1.82) is 0 Å². The minimum atomic E-state index is 0.618. The average molecular weight is 341 g/mol. The molecule has 6 heteroatoms. The van der Waals surface area contributed by atoms with Gasteiger partial charge in [-0.05, 0) is 17.7 Å². The molecular formula is C18H19N3O2S. The fourth-order valence-corrected chi connectivity index (χ4v) is 2.92. The molecule has 5 nitrogen and oxygen atoms in total. The van der Waals surface area contributed by atoms with E-state index >= 15 is 0 Å². The summed E-state index contributed by atoms with van der Waals surface area (Å²) in [6.45, 7) is 0.618. The highest BCUT2D eigenvalue weighted by Gasteiger charge is 2.08. The Morgan fingerprint density at radius 2 is 1.88 bits per heavy atom. The monoisotopic (exact) mass is 341 g/mol. The largest absolute Gasteiger partial charge is 0.497 e. The number of hydrogen-bond donors (Lipinski definition) is 1. The van der Waals surface area contributed by atoms with Crippen molar-refractivity contribution in [3.63, 3.8) is 0 Å². The normalized spacial score (nSPS) is 10.4. The van der Waals surface area contributed by atoms with Gasteiger partial charge in [-0.25, -0.2) is 4.98 Å². The minimum absolute atomic E-state index is 0.618. The summed E-state index contributed by atoms with van der Waals surface area (Å²) in [7, 11) is 3.30. The van der Waals surface area contributed by atoms with Gasteiger partial charge in [-0.1, -0.05) is 30.3 Å². The zero-order valence-electron chi connectivity index (χ0n) is 13.7. The van der Waals surface area contributed by atoms with Crippen molar-refractivity contribution in [2.24, 2.45) is 0 Å². The molecule has 0 fully saturated rings. The number of nitrogens with one attached hydrogen (secondary N) is 1. The van der Waals surface area contributed by atoms with Crippen molar-refractivity contribution < 1.29 is 9.47 Å². The summed E-state index contributed by atoms with van der Waals surface area (Å²) < 4.78 is 15.0. The Kier molecular flexibility index (Phi) is 5.28. The lowest BCUT2D eigenvalue weighted by atomic mass is 10.1. The van der Waals surface area contributed by atoms with Gasteiger partial charge in [-0.3, -0.25) is 0 Å². The van der Waals surface area contributed by atoms with E-state index in [4.69, 9.17) is 9.47 Å². The average Bonchev–Trinajstić information content (AvgIpc) is 3.08. The minimum Gasteiger partial charge on any atom is -0.497 e. The SMILES string of the molecule is COc1ccc(CNc2nc(Cc3ccccc3)ns2)c(OC)c1. The van der Waals surface area contributed by atoms with Crippen molar-refractivity contribution >= 4 is 16.7 Å². The highest BCUT2D eigenvalue weighted by Crippen LogP contribution is 2.25. The fraction of sp³-hybridized carbons (Fsp3) is 0.222. The van der Waals surface area contributed by atoms with E-state index < -0.39 is 0 Å². The van der Waals surface area contributed by atoms with Crippen LogP contribution in [0.5, 0.6) is 11.5 Å². The van der Waals surface area contributed by atoms with Gasteiger partial charge in [0, 0.05) is 36.1 Å². The first-order chi connectivity index (χ1) is 11.8. The topological polar surface area (TPSA) is 56.3 Å². The molecule has 0 unspecified atom stereocenters. The van der Waals surface area contributed by atoms with Crippen molar-refractivity contribution in [2.45, 2.75) is 13.0 Å². The van der Waals surface area contributed by atoms with Gasteiger partial charge in [-0.15, -0.1) is 0 Å². The van der Waals surface area contributed by atoms with Gasteiger partial charge in [-0.2, -0.15) is 4.37 Å². The van der Waals surface area contributed by atoms with E-state index in [2.05, 4.69) is 26.8 Å². The zero-order chi connectivity index (χ0) is 16.8. The van der Waals surface area contributed by atoms with Crippen LogP contribution in [0.3, 0.4) is 0 Å². The molecule has 24 heavy (non-hydrogen) atoms. The molecule has 0 amide bonds. The van der Waals surface area contributed by atoms with Gasteiger partial charge in [0.05, 0.1) is 14.2 Å². The summed E-state index contributed by atoms with van der Waals surface area (Å²) in [6.07, 6.45) is 0.741. The zero-order valence-corrected chi connectivity index (χ0v) is 14.5. The first-order valence-corrected chi connectivity index (χ1v) is 8.37. The summed E-state index contributed by atoms with van der Waals surface area (Å²) in [5, 5.41) is 4.11. The predicted molar refractivity (Wildman–Crippen MR) is 96.0 cm³/mol. The molecule has 2 aromatic carbocycles. The Balaban J connectivity index is 1.63. The molecular weight excluding hydrogens is 322 g/mol. The molecule has 0 saturated carbocycles. The molecule has 3 rings (SSSR count). The molecule has 0 saturated heterocycles. The Hall–Kier alpha value is -2.60. The van der Waals surface area contributed by atoms with Gasteiger partial charge in [0.1, 0.15) is 17.3 Å². The molecule has 124 valence electrons. The number of methoxy groups -OCH3 is 2. The Morgan fingerprint density at radius 3 is 2.62 bits per heavy atom. The molecule has 0 aliphatic rings. The third-order valence-electron chi connectivity index (χ3n) is 3.60. The first kappa shape index (κ1) is 16.3. The van der Waals surface area contributed by atoms with Crippen LogP contribution in [0.1, 0.15) is 17.0 Å². The van der Waals surface area contributed by atoms with Crippen LogP contribution in [0, 0.1) is 0 Å². The molecule has 0 atom stereocenters. The molecule has 1 heterocycles. The molecule has 0 bridgehead atoms. The van der Waals surface area contributed by atoms with Crippen molar-refractivity contribution in [2.75, 3.05) is 19.5 Å². The summed E-state index contributed by atoms with van der Waals surface area (Å²) in [5.74, 6) is 2.39. The molecule has 1 N–H and O–H groups in total. The second kappa shape index (κ2) is 7.79. The number of anilines is 1. The van der Waals surface area contributed by atoms with Gasteiger partial charge >= 0.3 is 0 Å². The fourth-order valence-electron chi connectivity index (χ4n) is 2.34. The van der Waals surface area contributed by atoms with Crippen LogP contribution in [-0.2, 0) is 13.0 Å². The smallest absolute Gasteiger partial charge is 0.202 e. The number of hydrogen-bond acceptors (Lipinski definition) is 6. The van der Waals surface area contributed by atoms with E-state index in [1.54, 1.807) is 14.2 Å². The second-order valence-electron chi connectivity index (χ2n) is 5.21. The molecule has 0 aliphatic heterocycles. The van der Waals surface area contributed by atoms with Crippen LogP contribution < -0.4 is 14.8 Å². The predicted octanol–water partition coefficient (Wildman–Crippen LogP) is 3.76. The highest BCUT2D eigenvalue weighted by atomic mass is 32.1. The van der Waals surface area contributed by atoms with Crippen molar-refractivity contribution in [3.05, 3.63) is 65.5 Å². The van der Waals surface area contributed by atoms with Crippen LogP contribution in [0.4, 0.5) is 5.13 Å². The molecule has 3 aromatic rings. The summed E-state index contributed by atoms with van der Waals surface area (Å²) in [4.78, 5) is 4.54.